The smallest absolute Gasteiger partial charge is 0.285 e. The third kappa shape index (κ3) is 4.91. The summed E-state index contributed by atoms with van der Waals surface area (Å²) in [5, 5.41) is 6.68. The van der Waals surface area contributed by atoms with Crippen LogP contribution in [0.15, 0.2) is 93.3 Å². The molecule has 2 N–H and O–H groups in total. The van der Waals surface area contributed by atoms with Crippen LogP contribution in [-0.4, -0.2) is 31.6 Å². The molecule has 9 heteroatoms. The Hall–Kier alpha value is -2.43. The van der Waals surface area contributed by atoms with Crippen LogP contribution < -0.4 is 5.73 Å². The van der Waals surface area contributed by atoms with Crippen LogP contribution in [0.2, 0.25) is 5.02 Å². The number of sulfonamides is 1. The van der Waals surface area contributed by atoms with E-state index in [0.717, 1.165) is 20.4 Å². The van der Waals surface area contributed by atoms with Crippen LogP contribution >= 0.6 is 34.2 Å². The van der Waals surface area contributed by atoms with E-state index in [-0.39, 0.29) is 16.8 Å². The fourth-order valence-corrected chi connectivity index (χ4v) is 4.71. The minimum atomic E-state index is -3.95. The molecule has 1 heterocycles. The minimum Gasteiger partial charge on any atom is -0.367 e. The maximum Gasteiger partial charge on any atom is 0.285 e. The predicted molar refractivity (Wildman–Crippen MR) is 132 cm³/mol. The lowest BCUT2D eigenvalue weighted by Crippen LogP contribution is -2.33. The number of halogens is 2. The van der Waals surface area contributed by atoms with Gasteiger partial charge in [0.1, 0.15) is 0 Å². The molecule has 0 fully saturated rings. The van der Waals surface area contributed by atoms with Gasteiger partial charge in [0.05, 0.1) is 17.2 Å². The highest BCUT2D eigenvalue weighted by molar-refractivity contribution is 14.1. The molecule has 31 heavy (non-hydrogen) atoms. The lowest BCUT2D eigenvalue weighted by Gasteiger charge is -2.15. The molecular weight excluding hydrogens is 547 g/mol. The molecule has 0 aromatic heterocycles. The van der Waals surface area contributed by atoms with Crippen molar-refractivity contribution in [1.82, 2.24) is 5.01 Å². The van der Waals surface area contributed by atoms with Crippen LogP contribution in [0.1, 0.15) is 17.0 Å². The fourth-order valence-electron chi connectivity index (χ4n) is 3.30. The standard InChI is InChI=1S/C22H18ClIN4O2S/c23-17-8-6-16(7-9-17)21-20(15-4-2-1-3-5-15)14-28(26-21)22(25)27-31(29,30)19-12-10-18(24)11-13-19/h1-13,20H,14H2,(H2,25,27)/t20-/m1/s1. The molecule has 6 nitrogen and oxygen atoms in total. The Morgan fingerprint density at radius 1 is 1.03 bits per heavy atom. The molecule has 0 amide bonds. The Balaban J connectivity index is 1.70. The van der Waals surface area contributed by atoms with Crippen molar-refractivity contribution in [2.24, 2.45) is 15.2 Å². The fraction of sp³-hybridized carbons (Fsp3) is 0.0909. The zero-order valence-electron chi connectivity index (χ0n) is 16.2. The Morgan fingerprint density at radius 3 is 2.32 bits per heavy atom. The molecule has 1 aliphatic rings. The van der Waals surface area contributed by atoms with Gasteiger partial charge in [-0.2, -0.15) is 13.5 Å². The topological polar surface area (TPSA) is 88.1 Å². The molecule has 0 bridgehead atoms. The van der Waals surface area contributed by atoms with Gasteiger partial charge in [0.15, 0.2) is 0 Å². The summed E-state index contributed by atoms with van der Waals surface area (Å²) in [6, 6.07) is 23.7. The van der Waals surface area contributed by atoms with Gasteiger partial charge in [-0.3, -0.25) is 0 Å². The van der Waals surface area contributed by atoms with E-state index in [1.807, 2.05) is 42.5 Å². The molecule has 0 radical (unpaired) electrons. The summed E-state index contributed by atoms with van der Waals surface area (Å²) in [5.74, 6) is -0.277. The van der Waals surface area contributed by atoms with Gasteiger partial charge in [-0.1, -0.05) is 54.1 Å². The van der Waals surface area contributed by atoms with Crippen molar-refractivity contribution in [3.05, 3.63) is 98.6 Å². The number of guanidine groups is 1. The highest BCUT2D eigenvalue weighted by Gasteiger charge is 2.31. The predicted octanol–water partition coefficient (Wildman–Crippen LogP) is 4.45. The Kier molecular flexibility index (Phi) is 6.31. The summed E-state index contributed by atoms with van der Waals surface area (Å²) >= 11 is 8.14. The van der Waals surface area contributed by atoms with Crippen LogP contribution in [-0.2, 0) is 10.0 Å². The van der Waals surface area contributed by atoms with E-state index in [2.05, 4.69) is 32.1 Å². The summed E-state index contributed by atoms with van der Waals surface area (Å²) in [6.07, 6.45) is 0. The summed E-state index contributed by atoms with van der Waals surface area (Å²) in [7, 11) is -3.95. The molecule has 1 atom stereocenters. The number of hydrogen-bond acceptors (Lipinski definition) is 3. The molecule has 0 spiro atoms. The van der Waals surface area contributed by atoms with Crippen LogP contribution in [0.5, 0.6) is 0 Å². The van der Waals surface area contributed by atoms with Gasteiger partial charge in [0.25, 0.3) is 10.0 Å². The van der Waals surface area contributed by atoms with Crippen molar-refractivity contribution in [1.29, 1.82) is 0 Å². The normalized spacial score (nSPS) is 17.0. The molecule has 0 unspecified atom stereocenters. The lowest BCUT2D eigenvalue weighted by molar-refractivity contribution is 0.470. The lowest BCUT2D eigenvalue weighted by atomic mass is 9.91. The summed E-state index contributed by atoms with van der Waals surface area (Å²) in [5.41, 5.74) is 8.81. The first-order valence-corrected chi connectivity index (χ1v) is 12.3. The number of hydrogen-bond donors (Lipinski definition) is 1. The van der Waals surface area contributed by atoms with E-state index in [4.69, 9.17) is 17.3 Å². The van der Waals surface area contributed by atoms with Gasteiger partial charge >= 0.3 is 0 Å². The first kappa shape index (κ1) is 21.8. The average Bonchev–Trinajstić information content (AvgIpc) is 3.21. The Bertz CT molecular complexity index is 1240. The number of rotatable bonds is 4. The molecule has 158 valence electrons. The van der Waals surface area contributed by atoms with E-state index in [1.54, 1.807) is 24.3 Å². The summed E-state index contributed by atoms with van der Waals surface area (Å²) in [4.78, 5) is 0.0802. The van der Waals surface area contributed by atoms with Crippen molar-refractivity contribution >= 4 is 55.9 Å². The highest BCUT2D eigenvalue weighted by atomic mass is 127. The zero-order valence-corrected chi connectivity index (χ0v) is 19.9. The van der Waals surface area contributed by atoms with Crippen molar-refractivity contribution in [3.63, 3.8) is 0 Å². The molecule has 0 saturated carbocycles. The second kappa shape index (κ2) is 8.97. The largest absolute Gasteiger partial charge is 0.367 e. The monoisotopic (exact) mass is 564 g/mol. The van der Waals surface area contributed by atoms with E-state index >= 15 is 0 Å². The van der Waals surface area contributed by atoms with Crippen LogP contribution in [0.3, 0.4) is 0 Å². The molecule has 0 aliphatic carbocycles. The van der Waals surface area contributed by atoms with Gasteiger partial charge < -0.3 is 5.73 Å². The summed E-state index contributed by atoms with van der Waals surface area (Å²) < 4.78 is 30.1. The second-order valence-corrected chi connectivity index (χ2v) is 10.2. The summed E-state index contributed by atoms with van der Waals surface area (Å²) in [6.45, 7) is 0.375. The van der Waals surface area contributed by atoms with Crippen molar-refractivity contribution in [3.8, 4) is 0 Å². The van der Waals surface area contributed by atoms with Gasteiger partial charge in [0.2, 0.25) is 5.96 Å². The first-order valence-electron chi connectivity index (χ1n) is 9.36. The minimum absolute atomic E-state index is 0.0802. The SMILES string of the molecule is NC(=NS(=O)(=O)c1ccc(I)cc1)N1C[C@H](c2ccccc2)C(c2ccc(Cl)cc2)=N1. The zero-order chi connectivity index (χ0) is 22.0. The number of hydrazone groups is 1. The molecule has 3 aromatic rings. The number of benzene rings is 3. The third-order valence-electron chi connectivity index (χ3n) is 4.85. The molecular formula is C22H18ClIN4O2S. The van der Waals surface area contributed by atoms with E-state index in [0.29, 0.717) is 11.6 Å². The van der Waals surface area contributed by atoms with Gasteiger partial charge in [0, 0.05) is 14.5 Å². The van der Waals surface area contributed by atoms with Crippen LogP contribution in [0, 0.1) is 3.57 Å². The molecule has 4 rings (SSSR count). The molecule has 3 aromatic carbocycles. The molecule has 0 saturated heterocycles. The van der Waals surface area contributed by atoms with Gasteiger partial charge in [-0.15, -0.1) is 4.40 Å². The maximum absolute atomic E-state index is 12.7. The Labute approximate surface area is 199 Å². The highest BCUT2D eigenvalue weighted by Crippen LogP contribution is 2.29. The van der Waals surface area contributed by atoms with E-state index in [1.165, 1.54) is 17.1 Å². The first-order chi connectivity index (χ1) is 14.8. The van der Waals surface area contributed by atoms with E-state index in [9.17, 15) is 8.42 Å². The van der Waals surface area contributed by atoms with E-state index < -0.39 is 10.0 Å². The van der Waals surface area contributed by atoms with Crippen molar-refractivity contribution < 1.29 is 8.42 Å². The molecule has 1 aliphatic heterocycles. The second-order valence-electron chi connectivity index (χ2n) is 6.92. The van der Waals surface area contributed by atoms with Gasteiger partial charge in [-0.05, 0) is 70.1 Å². The number of nitrogens with zero attached hydrogens (tertiary/aromatic N) is 3. The van der Waals surface area contributed by atoms with Gasteiger partial charge in [-0.25, -0.2) is 5.01 Å². The quantitative estimate of drug-likeness (QED) is 0.288. The van der Waals surface area contributed by atoms with Crippen molar-refractivity contribution in [2.45, 2.75) is 10.8 Å². The Morgan fingerprint density at radius 2 is 1.68 bits per heavy atom. The maximum atomic E-state index is 12.7. The average molecular weight is 565 g/mol. The van der Waals surface area contributed by atoms with Crippen LogP contribution in [0.25, 0.3) is 0 Å². The number of nitrogens with two attached hydrogens (primary N) is 1. The third-order valence-corrected chi connectivity index (χ3v) is 7.11. The van der Waals surface area contributed by atoms with Crippen molar-refractivity contribution in [2.75, 3.05) is 6.54 Å². The van der Waals surface area contributed by atoms with Crippen LogP contribution in [0.4, 0.5) is 0 Å².